The highest BCUT2D eigenvalue weighted by Crippen LogP contribution is 2.38. The minimum atomic E-state index is -2.14. The van der Waals surface area contributed by atoms with Gasteiger partial charge in [-0.15, -0.1) is 0 Å². The van der Waals surface area contributed by atoms with E-state index in [9.17, 15) is 0 Å². The standard InChI is InChI=1S/C31H33N2.C26H25N2/c1-20-10-13-26(21(2)14-20)29-18-31-28(19-32(29)3)27-16-24-12-11-23(22-8-6-5-7-9-22)15-25(24)17-30(27)33(31)4;1-16-7-9-21(18(3)10-16)24-14-26-23(15-27(24)4)22-12-20-11-17(2)6-8-19(20)13-25(22)28(26)5/h10-19,22H,5-9H2,1-4H3;6-15H,1-5H3/q2*+1/i1D3,22D;1D3,2D3. The Hall–Kier alpha value is -6.26. The lowest BCUT2D eigenvalue weighted by atomic mass is 9.83. The van der Waals surface area contributed by atoms with E-state index in [1.165, 1.54) is 33.5 Å². The Bertz CT molecular complexity index is 3790. The van der Waals surface area contributed by atoms with Gasteiger partial charge in [0.1, 0.15) is 14.1 Å². The van der Waals surface area contributed by atoms with E-state index in [0.717, 1.165) is 103 Å². The number of nitrogens with zero attached hydrogens (tertiary/aromatic N) is 4. The van der Waals surface area contributed by atoms with E-state index in [-0.39, 0.29) is 0 Å². The normalized spacial score (nSPS) is 17.1. The number of aryl methyl sites for hydroxylation is 9. The fourth-order valence-electron chi connectivity index (χ4n) is 9.99. The number of rotatable bonds is 3. The molecule has 4 heteroatoms. The summed E-state index contributed by atoms with van der Waals surface area (Å²) in [7, 11) is 8.18. The van der Waals surface area contributed by atoms with Crippen molar-refractivity contribution in [3.8, 4) is 22.5 Å². The molecule has 0 radical (unpaired) electrons. The van der Waals surface area contributed by atoms with Gasteiger partial charge in [0.05, 0.1) is 21.8 Å². The summed E-state index contributed by atoms with van der Waals surface area (Å²) < 4.78 is 87.2. The van der Waals surface area contributed by atoms with Gasteiger partial charge in [0.25, 0.3) is 0 Å². The van der Waals surface area contributed by atoms with Crippen molar-refractivity contribution in [2.75, 3.05) is 0 Å². The summed E-state index contributed by atoms with van der Waals surface area (Å²) in [4.78, 5) is 0. The summed E-state index contributed by atoms with van der Waals surface area (Å²) in [5.74, 6) is -0.462. The van der Waals surface area contributed by atoms with Gasteiger partial charge in [-0.25, -0.2) is 9.13 Å². The van der Waals surface area contributed by atoms with Crippen molar-refractivity contribution in [2.45, 2.75) is 72.4 Å². The smallest absolute Gasteiger partial charge is 0.214 e. The minimum Gasteiger partial charge on any atom is -0.343 e. The molecule has 11 rings (SSSR count). The van der Waals surface area contributed by atoms with Crippen molar-refractivity contribution in [1.82, 2.24) is 9.13 Å². The van der Waals surface area contributed by atoms with Gasteiger partial charge in [0.2, 0.25) is 11.4 Å². The fourth-order valence-corrected chi connectivity index (χ4v) is 9.99. The van der Waals surface area contributed by atoms with Crippen LogP contribution in [0.1, 0.15) is 85.1 Å². The topological polar surface area (TPSA) is 17.6 Å². The van der Waals surface area contributed by atoms with Gasteiger partial charge in [-0.05, 0) is 128 Å². The molecule has 0 aliphatic heterocycles. The summed E-state index contributed by atoms with van der Waals surface area (Å²) in [5.41, 5.74) is 12.5. The maximum absolute atomic E-state index is 9.08. The third kappa shape index (κ3) is 6.77. The van der Waals surface area contributed by atoms with Crippen molar-refractivity contribution in [3.63, 3.8) is 0 Å². The molecule has 0 bridgehead atoms. The first kappa shape index (κ1) is 29.1. The zero-order chi connectivity index (χ0) is 50.7. The minimum absolute atomic E-state index is 0.336. The molecule has 0 spiro atoms. The first-order chi connectivity index (χ1) is 33.4. The SMILES string of the molecule is [2H]C([2H])([2H])c1ccc(-c2cc3c(c[n+]2C)c2cc4cc(C([2H])([2H])[2H])ccc4cc2n3C)c(C)c1.[2H]C([2H])([2H])c1ccc(-c2cc3c(c[n+]2C)c2cc4ccc(C5([2H])CCCCC5)cc4cc2n3C)c(C)c1. The highest BCUT2D eigenvalue weighted by atomic mass is 15.0. The Morgan fingerprint density at radius 1 is 0.492 bits per heavy atom. The second kappa shape index (κ2) is 15.0. The van der Waals surface area contributed by atoms with Crippen molar-refractivity contribution in [3.05, 3.63) is 155 Å². The lowest BCUT2D eigenvalue weighted by Crippen LogP contribution is -2.30. The molecule has 304 valence electrons. The second-order valence-corrected chi connectivity index (χ2v) is 17.3. The molecule has 1 saturated carbocycles. The lowest BCUT2D eigenvalue weighted by Gasteiger charge is -2.22. The molecule has 0 atom stereocenters. The number of aromatic nitrogens is 4. The van der Waals surface area contributed by atoms with Crippen LogP contribution in [0.4, 0.5) is 0 Å². The molecule has 6 aromatic carbocycles. The number of hydrogen-bond acceptors (Lipinski definition) is 0. The number of benzene rings is 6. The van der Waals surface area contributed by atoms with Crippen LogP contribution in [0.2, 0.25) is 0 Å². The number of fused-ring (bicyclic) bond motifs is 8. The third-order valence-electron chi connectivity index (χ3n) is 13.3. The Balaban J connectivity index is 0.000000165. The molecule has 4 heterocycles. The van der Waals surface area contributed by atoms with Crippen LogP contribution < -0.4 is 9.13 Å². The van der Waals surface area contributed by atoms with E-state index in [1.807, 2.05) is 46.1 Å². The van der Waals surface area contributed by atoms with Crippen LogP contribution in [0.25, 0.3) is 87.7 Å². The largest absolute Gasteiger partial charge is 0.343 e. The average Bonchev–Trinajstić information content (AvgIpc) is 3.72. The van der Waals surface area contributed by atoms with Gasteiger partial charge in [-0.1, -0.05) is 96.6 Å². The summed E-state index contributed by atoms with van der Waals surface area (Å²) in [5, 5.41) is 8.82. The first-order valence-corrected chi connectivity index (χ1v) is 21.3. The quantitative estimate of drug-likeness (QED) is 0.158. The zero-order valence-electron chi connectivity index (χ0n) is 45.9. The van der Waals surface area contributed by atoms with Crippen molar-refractivity contribution >= 4 is 65.2 Å². The van der Waals surface area contributed by atoms with Crippen LogP contribution in [0.15, 0.2) is 122 Å². The van der Waals surface area contributed by atoms with Crippen molar-refractivity contribution in [2.24, 2.45) is 28.2 Å². The Kier molecular flexibility index (Phi) is 7.16. The summed E-state index contributed by atoms with van der Waals surface area (Å²) in [6.07, 6.45) is 9.69. The van der Waals surface area contributed by atoms with Gasteiger partial charge in [-0.3, -0.25) is 0 Å². The van der Waals surface area contributed by atoms with Crippen LogP contribution in [0, 0.1) is 34.4 Å². The zero-order valence-corrected chi connectivity index (χ0v) is 35.9. The molecule has 0 saturated heterocycles. The molecule has 61 heavy (non-hydrogen) atoms. The first-order valence-electron chi connectivity index (χ1n) is 26.3. The monoisotopic (exact) mass is 809 g/mol. The van der Waals surface area contributed by atoms with E-state index >= 15 is 0 Å². The van der Waals surface area contributed by atoms with Crippen LogP contribution >= 0.6 is 0 Å². The third-order valence-corrected chi connectivity index (χ3v) is 13.3. The number of hydrogen-bond donors (Lipinski definition) is 0. The Morgan fingerprint density at radius 2 is 0.951 bits per heavy atom. The lowest BCUT2D eigenvalue weighted by molar-refractivity contribution is -0.659. The molecule has 0 N–H and O–H groups in total. The molecule has 1 aliphatic carbocycles. The fraction of sp³-hybridized carbons (Fsp3) is 0.263. The predicted octanol–water partition coefficient (Wildman–Crippen LogP) is 13.5. The summed E-state index contributed by atoms with van der Waals surface area (Å²) in [6, 6.07) is 35.7. The van der Waals surface area contributed by atoms with Crippen molar-refractivity contribution in [1.29, 1.82) is 0 Å². The Morgan fingerprint density at radius 3 is 1.51 bits per heavy atom. The van der Waals surface area contributed by atoms with Crippen LogP contribution in [0.3, 0.4) is 0 Å². The van der Waals surface area contributed by atoms with Crippen molar-refractivity contribution < 1.29 is 22.8 Å². The molecule has 0 unspecified atom stereocenters. The predicted molar refractivity (Wildman–Crippen MR) is 259 cm³/mol. The van der Waals surface area contributed by atoms with Crippen LogP contribution in [-0.4, -0.2) is 9.13 Å². The molecular formula is C57H58N4+2. The van der Waals surface area contributed by atoms with Crippen LogP contribution in [0.5, 0.6) is 0 Å². The van der Waals surface area contributed by atoms with Gasteiger partial charge in [0.15, 0.2) is 12.4 Å². The molecule has 4 aromatic heterocycles. The van der Waals surface area contributed by atoms with Crippen LogP contribution in [-0.2, 0) is 28.2 Å². The van der Waals surface area contributed by atoms with Gasteiger partial charge >= 0.3 is 0 Å². The van der Waals surface area contributed by atoms with E-state index in [0.29, 0.717) is 16.7 Å². The highest BCUT2D eigenvalue weighted by molar-refractivity contribution is 6.13. The average molecular weight is 809 g/mol. The summed E-state index contributed by atoms with van der Waals surface area (Å²) >= 11 is 0. The van der Waals surface area contributed by atoms with E-state index in [2.05, 4.69) is 99.4 Å². The highest BCUT2D eigenvalue weighted by Gasteiger charge is 2.22. The van der Waals surface area contributed by atoms with Gasteiger partial charge in [0, 0.05) is 72.9 Å². The molecule has 0 amide bonds. The maximum atomic E-state index is 9.08. The molecule has 1 aliphatic rings. The van der Waals surface area contributed by atoms with E-state index in [1.54, 1.807) is 36.4 Å². The maximum Gasteiger partial charge on any atom is 0.214 e. The van der Waals surface area contributed by atoms with E-state index in [4.69, 9.17) is 13.7 Å². The second-order valence-electron chi connectivity index (χ2n) is 17.3. The molecule has 1 fully saturated rings. The molecular weight excluding hydrogens is 741 g/mol. The van der Waals surface area contributed by atoms with E-state index < -0.39 is 26.4 Å². The molecule has 10 aromatic rings. The summed E-state index contributed by atoms with van der Waals surface area (Å²) in [6.45, 7) is -2.47. The Labute approximate surface area is 374 Å². The van der Waals surface area contributed by atoms with Gasteiger partial charge < -0.3 is 9.13 Å². The van der Waals surface area contributed by atoms with Gasteiger partial charge in [-0.2, -0.15) is 0 Å². The molecule has 4 nitrogen and oxygen atoms in total. The number of pyridine rings is 2.